The number of imidazole rings is 1. The van der Waals surface area contributed by atoms with Gasteiger partial charge in [0, 0.05) is 37.4 Å². The Balaban J connectivity index is 1.80. The fourth-order valence-corrected chi connectivity index (χ4v) is 3.69. The molecule has 0 aliphatic heterocycles. The summed E-state index contributed by atoms with van der Waals surface area (Å²) < 4.78 is 2.13. The summed E-state index contributed by atoms with van der Waals surface area (Å²) in [5.41, 5.74) is 6.05. The van der Waals surface area contributed by atoms with Crippen molar-refractivity contribution in [2.24, 2.45) is 0 Å². The maximum absolute atomic E-state index is 12.2. The number of halogens is 1. The second kappa shape index (κ2) is 8.92. The Hall–Kier alpha value is -3.15. The van der Waals surface area contributed by atoms with E-state index < -0.39 is 0 Å². The smallest absolute Gasteiger partial charge is 0.236 e. The zero-order chi connectivity index (χ0) is 22.0. The Morgan fingerprint density at radius 1 is 0.903 bits per heavy atom. The van der Waals surface area contributed by atoms with E-state index in [0.717, 1.165) is 33.7 Å². The lowest BCUT2D eigenvalue weighted by molar-refractivity contribution is -0.129. The van der Waals surface area contributed by atoms with Crippen molar-refractivity contribution in [2.45, 2.75) is 6.54 Å². The number of likely N-dealkylation sites (N-methyl/N-ethyl adjacent to an activating group) is 2. The molecule has 0 saturated carbocycles. The standard InChI is InChI=1S/C25H25ClN4O/c1-28(2)24(31)17-29(3)16-22-25(19-9-12-21(26)13-10-19)27-23-14-11-20(15-30(22)23)18-7-5-4-6-8-18/h4-15H,16-17H2,1-3H3. The number of carbonyl (C=O) groups excluding carboxylic acids is 1. The van der Waals surface area contributed by atoms with Gasteiger partial charge in [-0.2, -0.15) is 0 Å². The van der Waals surface area contributed by atoms with E-state index in [1.165, 1.54) is 0 Å². The second-order valence-corrected chi connectivity index (χ2v) is 8.32. The van der Waals surface area contributed by atoms with Gasteiger partial charge in [-0.15, -0.1) is 0 Å². The van der Waals surface area contributed by atoms with Crippen LogP contribution in [0.2, 0.25) is 5.02 Å². The number of benzene rings is 2. The zero-order valence-electron chi connectivity index (χ0n) is 17.9. The molecule has 0 aliphatic carbocycles. The minimum atomic E-state index is 0.0642. The number of fused-ring (bicyclic) bond motifs is 1. The Morgan fingerprint density at radius 2 is 1.58 bits per heavy atom. The Labute approximate surface area is 187 Å². The maximum atomic E-state index is 12.2. The van der Waals surface area contributed by atoms with Gasteiger partial charge in [-0.05, 0) is 42.4 Å². The highest BCUT2D eigenvalue weighted by Gasteiger charge is 2.18. The summed E-state index contributed by atoms with van der Waals surface area (Å²) in [6.07, 6.45) is 2.12. The van der Waals surface area contributed by atoms with Crippen LogP contribution in [-0.2, 0) is 11.3 Å². The Kier molecular flexibility index (Phi) is 6.07. The van der Waals surface area contributed by atoms with Crippen LogP contribution in [0, 0.1) is 0 Å². The van der Waals surface area contributed by atoms with E-state index in [-0.39, 0.29) is 5.91 Å². The van der Waals surface area contributed by atoms with Crippen molar-refractivity contribution in [2.75, 3.05) is 27.7 Å². The molecule has 0 aliphatic rings. The molecule has 0 fully saturated rings. The highest BCUT2D eigenvalue weighted by atomic mass is 35.5. The van der Waals surface area contributed by atoms with Gasteiger partial charge in [0.05, 0.1) is 17.9 Å². The van der Waals surface area contributed by atoms with Gasteiger partial charge in [0.25, 0.3) is 0 Å². The van der Waals surface area contributed by atoms with E-state index in [9.17, 15) is 4.79 Å². The highest BCUT2D eigenvalue weighted by molar-refractivity contribution is 6.30. The van der Waals surface area contributed by atoms with Crippen LogP contribution in [0.3, 0.4) is 0 Å². The number of aromatic nitrogens is 2. The fourth-order valence-electron chi connectivity index (χ4n) is 3.57. The average Bonchev–Trinajstić information content (AvgIpc) is 3.12. The lowest BCUT2D eigenvalue weighted by Gasteiger charge is -2.19. The van der Waals surface area contributed by atoms with Crippen molar-refractivity contribution in [3.63, 3.8) is 0 Å². The van der Waals surface area contributed by atoms with Gasteiger partial charge in [0.15, 0.2) is 0 Å². The van der Waals surface area contributed by atoms with Gasteiger partial charge < -0.3 is 9.30 Å². The number of pyridine rings is 1. The molecule has 158 valence electrons. The molecular formula is C25H25ClN4O. The van der Waals surface area contributed by atoms with Crippen LogP contribution >= 0.6 is 11.6 Å². The lowest BCUT2D eigenvalue weighted by atomic mass is 10.1. The van der Waals surface area contributed by atoms with Crippen LogP contribution in [0.4, 0.5) is 0 Å². The number of rotatable bonds is 6. The number of amides is 1. The topological polar surface area (TPSA) is 40.9 Å². The molecular weight excluding hydrogens is 408 g/mol. The van der Waals surface area contributed by atoms with E-state index in [0.29, 0.717) is 18.1 Å². The first-order valence-corrected chi connectivity index (χ1v) is 10.5. The van der Waals surface area contributed by atoms with Gasteiger partial charge in [0.2, 0.25) is 5.91 Å². The van der Waals surface area contributed by atoms with Crippen LogP contribution in [0.15, 0.2) is 72.9 Å². The van der Waals surface area contributed by atoms with Crippen molar-refractivity contribution in [3.05, 3.63) is 83.6 Å². The lowest BCUT2D eigenvalue weighted by Crippen LogP contribution is -2.34. The minimum Gasteiger partial charge on any atom is -0.348 e. The Morgan fingerprint density at radius 3 is 2.26 bits per heavy atom. The van der Waals surface area contributed by atoms with Crippen LogP contribution in [0.5, 0.6) is 0 Å². The molecule has 0 spiro atoms. The Bertz CT molecular complexity index is 1200. The summed E-state index contributed by atoms with van der Waals surface area (Å²) in [4.78, 5) is 20.8. The van der Waals surface area contributed by atoms with Gasteiger partial charge >= 0.3 is 0 Å². The summed E-state index contributed by atoms with van der Waals surface area (Å²) >= 11 is 6.10. The third kappa shape index (κ3) is 4.63. The molecule has 0 bridgehead atoms. The van der Waals surface area contributed by atoms with Gasteiger partial charge in [-0.1, -0.05) is 54.1 Å². The molecule has 4 rings (SSSR count). The molecule has 0 radical (unpaired) electrons. The predicted octanol–water partition coefficient (Wildman–Crippen LogP) is 4.84. The molecule has 0 unspecified atom stereocenters. The van der Waals surface area contributed by atoms with Crippen LogP contribution < -0.4 is 0 Å². The summed E-state index contributed by atoms with van der Waals surface area (Å²) in [7, 11) is 5.50. The monoisotopic (exact) mass is 432 g/mol. The molecule has 1 amide bonds. The summed E-state index contributed by atoms with van der Waals surface area (Å²) in [5, 5.41) is 0.689. The first-order chi connectivity index (χ1) is 14.9. The number of nitrogens with zero attached hydrogens (tertiary/aromatic N) is 4. The molecule has 2 aromatic heterocycles. The quantitative estimate of drug-likeness (QED) is 0.437. The zero-order valence-corrected chi connectivity index (χ0v) is 18.7. The van der Waals surface area contributed by atoms with E-state index in [1.54, 1.807) is 19.0 Å². The van der Waals surface area contributed by atoms with Crippen molar-refractivity contribution in [1.29, 1.82) is 0 Å². The average molecular weight is 433 g/mol. The third-order valence-corrected chi connectivity index (χ3v) is 5.52. The highest BCUT2D eigenvalue weighted by Crippen LogP contribution is 2.29. The fraction of sp³-hybridized carbons (Fsp3) is 0.200. The molecule has 0 atom stereocenters. The third-order valence-electron chi connectivity index (χ3n) is 5.27. The van der Waals surface area contributed by atoms with Gasteiger partial charge in [0.1, 0.15) is 5.65 Å². The second-order valence-electron chi connectivity index (χ2n) is 7.89. The predicted molar refractivity (Wildman–Crippen MR) is 126 cm³/mol. The summed E-state index contributed by atoms with van der Waals surface area (Å²) in [6, 6.07) is 22.1. The largest absolute Gasteiger partial charge is 0.348 e. The first-order valence-electron chi connectivity index (χ1n) is 10.1. The van der Waals surface area contributed by atoms with Crippen molar-refractivity contribution in [1.82, 2.24) is 19.2 Å². The van der Waals surface area contributed by atoms with Crippen molar-refractivity contribution >= 4 is 23.2 Å². The summed E-state index contributed by atoms with van der Waals surface area (Å²) in [6.45, 7) is 0.912. The molecule has 0 saturated heterocycles. The number of carbonyl (C=O) groups is 1. The van der Waals surface area contributed by atoms with E-state index in [1.807, 2.05) is 60.5 Å². The SMILES string of the molecule is CN(CC(=O)N(C)C)Cc1c(-c2ccc(Cl)cc2)nc2ccc(-c3ccccc3)cn12. The molecule has 2 heterocycles. The van der Waals surface area contributed by atoms with Crippen molar-refractivity contribution < 1.29 is 4.79 Å². The molecule has 2 aromatic carbocycles. The van der Waals surface area contributed by atoms with Crippen molar-refractivity contribution in [3.8, 4) is 22.4 Å². The van der Waals surface area contributed by atoms with Crippen LogP contribution in [0.25, 0.3) is 28.0 Å². The number of hydrogen-bond acceptors (Lipinski definition) is 3. The molecule has 4 aromatic rings. The maximum Gasteiger partial charge on any atom is 0.236 e. The van der Waals surface area contributed by atoms with E-state index >= 15 is 0 Å². The molecule has 31 heavy (non-hydrogen) atoms. The summed E-state index contributed by atoms with van der Waals surface area (Å²) in [5.74, 6) is 0.0642. The molecule has 0 N–H and O–H groups in total. The first kappa shape index (κ1) is 21.1. The normalized spacial score (nSPS) is 11.3. The minimum absolute atomic E-state index is 0.0642. The van der Waals surface area contributed by atoms with Gasteiger partial charge in [-0.25, -0.2) is 4.98 Å². The van der Waals surface area contributed by atoms with Crippen LogP contribution in [-0.4, -0.2) is 52.8 Å². The molecule has 5 nitrogen and oxygen atoms in total. The van der Waals surface area contributed by atoms with Crippen LogP contribution in [0.1, 0.15) is 5.69 Å². The number of hydrogen-bond donors (Lipinski definition) is 0. The van der Waals surface area contributed by atoms with E-state index in [4.69, 9.17) is 16.6 Å². The van der Waals surface area contributed by atoms with Gasteiger partial charge in [-0.3, -0.25) is 9.69 Å². The molecule has 6 heteroatoms. The van der Waals surface area contributed by atoms with E-state index in [2.05, 4.69) is 28.8 Å².